The number of aromatic carboxylic acids is 2. The van der Waals surface area contributed by atoms with Crippen LogP contribution in [0.15, 0.2) is 49.1 Å². The molecule has 0 spiro atoms. The van der Waals surface area contributed by atoms with Crippen molar-refractivity contribution in [3.63, 3.8) is 0 Å². The molecule has 8 heteroatoms. The van der Waals surface area contributed by atoms with Crippen LogP contribution in [0.1, 0.15) is 20.7 Å². The number of aromatic nitrogens is 2. The molecule has 1 aromatic heterocycles. The van der Waals surface area contributed by atoms with E-state index in [1.54, 1.807) is 18.5 Å². The molecule has 1 heterocycles. The van der Waals surface area contributed by atoms with Crippen molar-refractivity contribution >= 4 is 35.0 Å². The van der Waals surface area contributed by atoms with Crippen LogP contribution in [-0.2, 0) is 0 Å². The fourth-order valence-corrected chi connectivity index (χ4v) is 1.03. The zero-order valence-electron chi connectivity index (χ0n) is 10.4. The third kappa shape index (κ3) is 7.41. The molecule has 0 fully saturated rings. The van der Waals surface area contributed by atoms with Gasteiger partial charge < -0.3 is 25.3 Å². The van der Waals surface area contributed by atoms with Gasteiger partial charge in [0.15, 0.2) is 0 Å². The molecule has 20 heavy (non-hydrogen) atoms. The summed E-state index contributed by atoms with van der Waals surface area (Å²) in [6, 6.07) is 6.59. The van der Waals surface area contributed by atoms with Gasteiger partial charge in [0.25, 0.3) is 0 Å². The molecule has 0 saturated heterocycles. The van der Waals surface area contributed by atoms with E-state index in [2.05, 4.69) is 9.97 Å². The number of hydrogen-bond donors (Lipinski definition) is 0. The fourth-order valence-electron chi connectivity index (χ4n) is 1.03. The summed E-state index contributed by atoms with van der Waals surface area (Å²) in [7, 11) is 0. The zero-order chi connectivity index (χ0) is 13.4. The van der Waals surface area contributed by atoms with Gasteiger partial charge >= 0.3 is 23.1 Å². The van der Waals surface area contributed by atoms with Crippen molar-refractivity contribution in [2.45, 2.75) is 0 Å². The third-order valence-electron chi connectivity index (χ3n) is 1.81. The molecule has 100 valence electrons. The Morgan fingerprint density at radius 1 is 0.900 bits per heavy atom. The van der Waals surface area contributed by atoms with Gasteiger partial charge in [-0.05, 0) is 23.3 Å². The van der Waals surface area contributed by atoms with Crippen LogP contribution >= 0.6 is 0 Å². The number of carbonyl (C=O) groups is 2. The molecule has 0 bridgehead atoms. The molecular weight excluding hydrogens is 276 g/mol. The van der Waals surface area contributed by atoms with Crippen LogP contribution in [0, 0.1) is 0 Å². The van der Waals surface area contributed by atoms with Gasteiger partial charge in [-0.25, -0.2) is 9.97 Å². The van der Waals surface area contributed by atoms with E-state index in [9.17, 15) is 19.8 Å². The normalized spacial score (nSPS) is 8.00. The Balaban J connectivity index is 0. The quantitative estimate of drug-likeness (QED) is 0.568. The standard InChI is InChI=1S/C8H6O4.C4H4N2.Mg.H2O/c9-7(10)5-2-1-3-6(4-5)8(11)12;1-2-5-4-6-3-1;;/h1-4H,(H,9,10)(H,11,12);1-4H;;1H2/q;;+2;/p-2. The summed E-state index contributed by atoms with van der Waals surface area (Å²) in [5.74, 6) is -2.81. The van der Waals surface area contributed by atoms with E-state index < -0.39 is 11.9 Å². The minimum Gasteiger partial charge on any atom is -0.545 e. The number of benzene rings is 1. The van der Waals surface area contributed by atoms with Crippen molar-refractivity contribution in [3.05, 3.63) is 60.2 Å². The number of carboxylic acids is 2. The second kappa shape index (κ2) is 10.8. The monoisotopic (exact) mass is 286 g/mol. The van der Waals surface area contributed by atoms with Gasteiger partial charge in [-0.15, -0.1) is 0 Å². The predicted molar refractivity (Wildman–Crippen MR) is 66.5 cm³/mol. The van der Waals surface area contributed by atoms with Crippen LogP contribution in [0.25, 0.3) is 0 Å². The first-order valence-corrected chi connectivity index (χ1v) is 4.84. The molecule has 0 saturated carbocycles. The molecule has 0 aliphatic rings. The SMILES string of the molecule is O.O=C([O-])c1cccc(C(=O)[O-])c1.[Mg+2].c1cncnc1. The second-order valence-electron chi connectivity index (χ2n) is 3.06. The Morgan fingerprint density at radius 3 is 1.60 bits per heavy atom. The molecule has 2 aromatic rings. The Bertz CT molecular complexity index is 480. The van der Waals surface area contributed by atoms with Gasteiger partial charge in [0.1, 0.15) is 6.33 Å². The summed E-state index contributed by atoms with van der Waals surface area (Å²) in [5.41, 5.74) is -0.339. The van der Waals surface area contributed by atoms with E-state index in [1.807, 2.05) is 0 Å². The van der Waals surface area contributed by atoms with Crippen molar-refractivity contribution in [3.8, 4) is 0 Å². The minimum absolute atomic E-state index is 0. The molecular formula is C12H10MgN2O5. The molecule has 2 rings (SSSR count). The van der Waals surface area contributed by atoms with Gasteiger partial charge in [0, 0.05) is 12.4 Å². The Labute approximate surface area is 130 Å². The van der Waals surface area contributed by atoms with Gasteiger partial charge in [-0.1, -0.05) is 18.2 Å². The Hall–Kier alpha value is -2.03. The molecule has 0 unspecified atom stereocenters. The Morgan fingerprint density at radius 2 is 1.35 bits per heavy atom. The van der Waals surface area contributed by atoms with E-state index in [-0.39, 0.29) is 39.7 Å². The average molecular weight is 287 g/mol. The second-order valence-corrected chi connectivity index (χ2v) is 3.06. The molecule has 7 nitrogen and oxygen atoms in total. The maximum Gasteiger partial charge on any atom is 2.00 e. The van der Waals surface area contributed by atoms with E-state index in [4.69, 9.17) is 0 Å². The predicted octanol–water partition coefficient (Wildman–Crippen LogP) is -2.32. The van der Waals surface area contributed by atoms with E-state index in [0.29, 0.717) is 0 Å². The Kier molecular flexibility index (Phi) is 11.0. The molecule has 0 aliphatic heterocycles. The van der Waals surface area contributed by atoms with Crippen LogP contribution in [0.5, 0.6) is 0 Å². The number of carbonyl (C=O) groups excluding carboxylic acids is 2. The smallest absolute Gasteiger partial charge is 0.545 e. The number of nitrogens with zero attached hydrogens (tertiary/aromatic N) is 2. The molecule has 1 aromatic carbocycles. The van der Waals surface area contributed by atoms with Crippen molar-refractivity contribution in [2.24, 2.45) is 0 Å². The molecule has 0 radical (unpaired) electrons. The van der Waals surface area contributed by atoms with Gasteiger partial charge in [0.2, 0.25) is 0 Å². The molecule has 2 N–H and O–H groups in total. The summed E-state index contributed by atoms with van der Waals surface area (Å²) >= 11 is 0. The third-order valence-corrected chi connectivity index (χ3v) is 1.81. The van der Waals surface area contributed by atoms with Crippen molar-refractivity contribution < 1.29 is 25.3 Å². The summed E-state index contributed by atoms with van der Waals surface area (Å²) in [5, 5.41) is 20.5. The van der Waals surface area contributed by atoms with E-state index in [0.717, 1.165) is 6.07 Å². The summed E-state index contributed by atoms with van der Waals surface area (Å²) in [6.07, 6.45) is 4.88. The van der Waals surface area contributed by atoms with Crippen LogP contribution in [0.4, 0.5) is 0 Å². The van der Waals surface area contributed by atoms with Gasteiger partial charge in [0.05, 0.1) is 11.9 Å². The van der Waals surface area contributed by atoms with Crippen LogP contribution in [0.3, 0.4) is 0 Å². The molecule has 0 aliphatic carbocycles. The summed E-state index contributed by atoms with van der Waals surface area (Å²) < 4.78 is 0. The van der Waals surface area contributed by atoms with Crippen LogP contribution < -0.4 is 10.2 Å². The number of carboxylic acid groups (broad SMARTS) is 2. The van der Waals surface area contributed by atoms with Crippen LogP contribution in [0.2, 0.25) is 0 Å². The number of hydrogen-bond acceptors (Lipinski definition) is 6. The summed E-state index contributed by atoms with van der Waals surface area (Å²) in [6.45, 7) is 0. The topological polar surface area (TPSA) is 138 Å². The maximum atomic E-state index is 10.3. The van der Waals surface area contributed by atoms with Crippen LogP contribution in [-0.4, -0.2) is 50.4 Å². The summed E-state index contributed by atoms with van der Waals surface area (Å²) in [4.78, 5) is 27.8. The van der Waals surface area contributed by atoms with Crippen molar-refractivity contribution in [1.29, 1.82) is 0 Å². The maximum absolute atomic E-state index is 10.3. The van der Waals surface area contributed by atoms with Gasteiger partial charge in [-0.3, -0.25) is 0 Å². The first kappa shape index (κ1) is 20.3. The largest absolute Gasteiger partial charge is 2.00 e. The van der Waals surface area contributed by atoms with Crippen molar-refractivity contribution in [1.82, 2.24) is 9.97 Å². The number of rotatable bonds is 2. The minimum atomic E-state index is -1.40. The van der Waals surface area contributed by atoms with Crippen molar-refractivity contribution in [2.75, 3.05) is 0 Å². The fraction of sp³-hybridized carbons (Fsp3) is 0. The van der Waals surface area contributed by atoms with E-state index >= 15 is 0 Å². The first-order chi connectivity index (χ1) is 8.61. The van der Waals surface area contributed by atoms with Gasteiger partial charge in [-0.2, -0.15) is 0 Å². The average Bonchev–Trinajstić information content (AvgIpc) is 2.41. The molecule has 0 atom stereocenters. The van der Waals surface area contributed by atoms with E-state index in [1.165, 1.54) is 24.5 Å². The molecule has 0 amide bonds. The first-order valence-electron chi connectivity index (χ1n) is 4.84. The zero-order valence-corrected chi connectivity index (χ0v) is 11.8.